The predicted molar refractivity (Wildman–Crippen MR) is 88.2 cm³/mol. The maximum absolute atomic E-state index is 11.6. The van der Waals surface area contributed by atoms with Gasteiger partial charge in [0.15, 0.2) is 9.84 Å². The van der Waals surface area contributed by atoms with Gasteiger partial charge >= 0.3 is 0 Å². The lowest BCUT2D eigenvalue weighted by molar-refractivity contribution is 0.591. The molecule has 1 heterocycles. The summed E-state index contributed by atoms with van der Waals surface area (Å²) in [6.45, 7) is 0. The molecule has 1 aromatic carbocycles. The van der Waals surface area contributed by atoms with Crippen LogP contribution in [0, 0.1) is 0 Å². The van der Waals surface area contributed by atoms with Crippen molar-refractivity contribution < 1.29 is 8.42 Å². The number of anilines is 1. The third kappa shape index (κ3) is 3.55. The highest BCUT2D eigenvalue weighted by molar-refractivity contribution is 7.90. The summed E-state index contributed by atoms with van der Waals surface area (Å²) in [5, 5.41) is 0.324. The number of sulfone groups is 1. The maximum atomic E-state index is 11.6. The van der Waals surface area contributed by atoms with Gasteiger partial charge in [0.1, 0.15) is 5.03 Å². The molecule has 0 N–H and O–H groups in total. The van der Waals surface area contributed by atoms with Gasteiger partial charge in [0, 0.05) is 38.8 Å². The molecule has 0 fully saturated rings. The Kier molecular flexibility index (Phi) is 4.23. The van der Waals surface area contributed by atoms with Gasteiger partial charge in [-0.15, -0.1) is 0 Å². The van der Waals surface area contributed by atoms with E-state index < -0.39 is 9.84 Å². The molecule has 0 saturated carbocycles. The number of aromatic nitrogens is 1. The van der Waals surface area contributed by atoms with Crippen LogP contribution < -0.4 is 4.90 Å². The summed E-state index contributed by atoms with van der Waals surface area (Å²) in [5.74, 6) is 0. The largest absolute Gasteiger partial charge is 0.378 e. The molecular formula is C16H20N2O2S. The van der Waals surface area contributed by atoms with Gasteiger partial charge in [-0.25, -0.2) is 8.42 Å². The Bertz CT molecular complexity index is 754. The summed E-state index contributed by atoms with van der Waals surface area (Å²) in [4.78, 5) is 2.04. The van der Waals surface area contributed by atoms with Crippen LogP contribution in [0.25, 0.3) is 12.2 Å². The van der Waals surface area contributed by atoms with Gasteiger partial charge in [0.05, 0.1) is 0 Å². The molecule has 4 nitrogen and oxygen atoms in total. The van der Waals surface area contributed by atoms with Crippen molar-refractivity contribution in [2.75, 3.05) is 25.3 Å². The average Bonchev–Trinajstić information content (AvgIpc) is 2.78. The first-order valence-corrected chi connectivity index (χ1v) is 8.49. The van der Waals surface area contributed by atoms with Crippen molar-refractivity contribution in [2.24, 2.45) is 7.05 Å². The zero-order valence-corrected chi connectivity index (χ0v) is 13.6. The normalized spacial score (nSPS) is 12.0. The third-order valence-electron chi connectivity index (χ3n) is 3.35. The molecule has 112 valence electrons. The van der Waals surface area contributed by atoms with Gasteiger partial charge in [-0.1, -0.05) is 18.2 Å². The highest BCUT2D eigenvalue weighted by Crippen LogP contribution is 2.17. The van der Waals surface area contributed by atoms with Crippen molar-refractivity contribution in [3.05, 3.63) is 47.7 Å². The SMILES string of the molecule is CN(C)c1ccc(/C=C/c2ccc(S(C)(=O)=O)n2C)cc1. The first-order chi connectivity index (χ1) is 9.79. The molecule has 0 spiro atoms. The zero-order valence-electron chi connectivity index (χ0n) is 12.7. The molecule has 0 bridgehead atoms. The van der Waals surface area contributed by atoms with Crippen LogP contribution in [0.1, 0.15) is 11.3 Å². The topological polar surface area (TPSA) is 42.3 Å². The van der Waals surface area contributed by atoms with E-state index in [0.717, 1.165) is 16.9 Å². The Morgan fingerprint density at radius 1 is 1.00 bits per heavy atom. The number of rotatable bonds is 4. The van der Waals surface area contributed by atoms with Gasteiger partial charge in [0.2, 0.25) is 0 Å². The molecule has 0 atom stereocenters. The lowest BCUT2D eigenvalue weighted by atomic mass is 10.2. The summed E-state index contributed by atoms with van der Waals surface area (Å²) in [7, 11) is 2.57. The minimum Gasteiger partial charge on any atom is -0.378 e. The summed E-state index contributed by atoms with van der Waals surface area (Å²) >= 11 is 0. The summed E-state index contributed by atoms with van der Waals surface area (Å²) in [6.07, 6.45) is 5.11. The van der Waals surface area contributed by atoms with E-state index in [0.29, 0.717) is 5.03 Å². The van der Waals surface area contributed by atoms with Crippen molar-refractivity contribution >= 4 is 27.7 Å². The second-order valence-electron chi connectivity index (χ2n) is 5.25. The number of nitrogens with zero attached hydrogens (tertiary/aromatic N) is 2. The van der Waals surface area contributed by atoms with Crippen LogP contribution in [-0.2, 0) is 16.9 Å². The summed E-state index contributed by atoms with van der Waals surface area (Å²) < 4.78 is 24.9. The minimum atomic E-state index is -3.19. The third-order valence-corrected chi connectivity index (χ3v) is 4.52. The molecule has 0 aliphatic rings. The molecule has 0 aliphatic heterocycles. The fourth-order valence-electron chi connectivity index (χ4n) is 2.11. The molecule has 0 aliphatic carbocycles. The van der Waals surface area contributed by atoms with Crippen LogP contribution in [0.4, 0.5) is 5.69 Å². The summed E-state index contributed by atoms with van der Waals surface area (Å²) in [6, 6.07) is 11.6. The maximum Gasteiger partial charge on any atom is 0.190 e. The van der Waals surface area contributed by atoms with E-state index >= 15 is 0 Å². The number of hydrogen-bond acceptors (Lipinski definition) is 3. The van der Waals surface area contributed by atoms with E-state index in [9.17, 15) is 8.42 Å². The van der Waals surface area contributed by atoms with Crippen LogP contribution in [0.3, 0.4) is 0 Å². The fourth-order valence-corrected chi connectivity index (χ4v) is 3.03. The molecular weight excluding hydrogens is 284 g/mol. The van der Waals surface area contributed by atoms with Crippen molar-refractivity contribution in [2.45, 2.75) is 5.03 Å². The van der Waals surface area contributed by atoms with Gasteiger partial charge in [-0.3, -0.25) is 0 Å². The van der Waals surface area contributed by atoms with Gasteiger partial charge < -0.3 is 9.47 Å². The fraction of sp³-hybridized carbons (Fsp3) is 0.250. The Labute approximate surface area is 126 Å². The van der Waals surface area contributed by atoms with E-state index in [4.69, 9.17) is 0 Å². The molecule has 2 rings (SSSR count). The first kappa shape index (κ1) is 15.4. The van der Waals surface area contributed by atoms with Crippen LogP contribution in [0.15, 0.2) is 41.4 Å². The second kappa shape index (κ2) is 5.77. The molecule has 0 saturated heterocycles. The quantitative estimate of drug-likeness (QED) is 0.872. The zero-order chi connectivity index (χ0) is 15.6. The molecule has 21 heavy (non-hydrogen) atoms. The van der Waals surface area contributed by atoms with Crippen LogP contribution >= 0.6 is 0 Å². The van der Waals surface area contributed by atoms with Crippen LogP contribution in [0.2, 0.25) is 0 Å². The molecule has 0 radical (unpaired) electrons. The monoisotopic (exact) mass is 304 g/mol. The highest BCUT2D eigenvalue weighted by Gasteiger charge is 2.12. The van der Waals surface area contributed by atoms with E-state index in [1.54, 1.807) is 23.7 Å². The first-order valence-electron chi connectivity index (χ1n) is 6.60. The minimum absolute atomic E-state index is 0.324. The molecule has 5 heteroatoms. The second-order valence-corrected chi connectivity index (χ2v) is 7.21. The van der Waals surface area contributed by atoms with Crippen molar-refractivity contribution in [3.63, 3.8) is 0 Å². The van der Waals surface area contributed by atoms with Gasteiger partial charge in [-0.05, 0) is 35.9 Å². The van der Waals surface area contributed by atoms with Crippen LogP contribution in [0.5, 0.6) is 0 Å². The number of hydrogen-bond donors (Lipinski definition) is 0. The molecule has 2 aromatic rings. The van der Waals surface area contributed by atoms with Gasteiger partial charge in [-0.2, -0.15) is 0 Å². The molecule has 0 amide bonds. The van der Waals surface area contributed by atoms with Crippen molar-refractivity contribution in [1.82, 2.24) is 4.57 Å². The number of benzene rings is 1. The van der Waals surface area contributed by atoms with Crippen molar-refractivity contribution in [3.8, 4) is 0 Å². The predicted octanol–water partition coefficient (Wildman–Crippen LogP) is 2.67. The van der Waals surface area contributed by atoms with Crippen LogP contribution in [-0.4, -0.2) is 33.3 Å². The van der Waals surface area contributed by atoms with Gasteiger partial charge in [0.25, 0.3) is 0 Å². The lowest BCUT2D eigenvalue weighted by Gasteiger charge is -2.11. The average molecular weight is 304 g/mol. The molecule has 0 unspecified atom stereocenters. The smallest absolute Gasteiger partial charge is 0.190 e. The highest BCUT2D eigenvalue weighted by atomic mass is 32.2. The molecule has 1 aromatic heterocycles. The van der Waals surface area contributed by atoms with E-state index in [1.807, 2.05) is 55.4 Å². The Hall–Kier alpha value is -2.01. The summed E-state index contributed by atoms with van der Waals surface area (Å²) in [5.41, 5.74) is 3.07. The van der Waals surface area contributed by atoms with E-state index in [-0.39, 0.29) is 0 Å². The lowest BCUT2D eigenvalue weighted by Crippen LogP contribution is -2.07. The standard InChI is InChI=1S/C16H20N2O2S/c1-17(2)14-8-5-13(6-9-14)7-10-15-11-12-16(18(15)3)21(4,19)20/h5-12H,1-4H3/b10-7+. The Morgan fingerprint density at radius 2 is 1.62 bits per heavy atom. The van der Waals surface area contributed by atoms with Crippen molar-refractivity contribution in [1.29, 1.82) is 0 Å². The Morgan fingerprint density at radius 3 is 2.10 bits per heavy atom. The van der Waals surface area contributed by atoms with E-state index in [1.165, 1.54) is 6.26 Å². The Balaban J connectivity index is 2.24. The van der Waals surface area contributed by atoms with E-state index in [2.05, 4.69) is 0 Å².